The van der Waals surface area contributed by atoms with Gasteiger partial charge in [-0.25, -0.2) is 22.5 Å². The van der Waals surface area contributed by atoms with Gasteiger partial charge in [0.1, 0.15) is 6.33 Å². The summed E-state index contributed by atoms with van der Waals surface area (Å²) in [5.74, 6) is 0.124. The molecule has 1 N–H and O–H groups in total. The number of amides is 1. The van der Waals surface area contributed by atoms with Gasteiger partial charge in [0.05, 0.1) is 5.75 Å². The van der Waals surface area contributed by atoms with Crippen molar-refractivity contribution in [3.63, 3.8) is 0 Å². The molecule has 0 bridgehead atoms. The second-order valence-corrected chi connectivity index (χ2v) is 6.75. The van der Waals surface area contributed by atoms with Crippen LogP contribution in [0.15, 0.2) is 18.7 Å². The number of sulfonamides is 1. The molecule has 1 aromatic heterocycles. The minimum atomic E-state index is -3.11. The summed E-state index contributed by atoms with van der Waals surface area (Å²) in [6, 6.07) is -0.215. The number of hydrogen-bond acceptors (Lipinski definition) is 4. The Balaban J connectivity index is 1.86. The number of carbonyl (C=O) groups is 1. The smallest absolute Gasteiger partial charge is 0.327 e. The first-order valence-corrected chi connectivity index (χ1v) is 7.90. The van der Waals surface area contributed by atoms with Crippen LogP contribution in [0.4, 0.5) is 4.79 Å². The van der Waals surface area contributed by atoms with Gasteiger partial charge >= 0.3 is 6.03 Å². The highest BCUT2D eigenvalue weighted by Crippen LogP contribution is 2.14. The molecule has 2 rings (SSSR count). The molecule has 19 heavy (non-hydrogen) atoms. The molecule has 8 heteroatoms. The SMILES string of the molecule is CCS(=O)(=O)N1CCC(NC(=O)n2ccnc2)CC1. The van der Waals surface area contributed by atoms with Crippen molar-refractivity contribution >= 4 is 16.1 Å². The Morgan fingerprint density at radius 2 is 2.11 bits per heavy atom. The number of aromatic nitrogens is 2. The largest absolute Gasteiger partial charge is 0.335 e. The Morgan fingerprint density at radius 1 is 1.42 bits per heavy atom. The third kappa shape index (κ3) is 3.32. The maximum atomic E-state index is 11.8. The molecule has 0 radical (unpaired) electrons. The quantitative estimate of drug-likeness (QED) is 0.863. The van der Waals surface area contributed by atoms with Crippen LogP contribution in [0.25, 0.3) is 0 Å². The highest BCUT2D eigenvalue weighted by molar-refractivity contribution is 7.89. The standard InChI is InChI=1S/C11H18N4O3S/c1-2-19(17,18)15-6-3-10(4-7-15)13-11(16)14-8-5-12-9-14/h5,8-10H,2-4,6-7H2,1H3,(H,13,16). The van der Waals surface area contributed by atoms with E-state index in [-0.39, 0.29) is 17.8 Å². The number of rotatable bonds is 3. The van der Waals surface area contributed by atoms with Crippen molar-refractivity contribution < 1.29 is 13.2 Å². The number of nitrogens with one attached hydrogen (secondary N) is 1. The Labute approximate surface area is 112 Å². The maximum absolute atomic E-state index is 11.8. The molecule has 0 saturated carbocycles. The second kappa shape index (κ2) is 5.70. The minimum absolute atomic E-state index is 0.0122. The Morgan fingerprint density at radius 3 is 2.63 bits per heavy atom. The van der Waals surface area contributed by atoms with Gasteiger partial charge in [-0.15, -0.1) is 0 Å². The maximum Gasteiger partial charge on any atom is 0.327 e. The predicted octanol–water partition coefficient (Wildman–Crippen LogP) is 0.255. The van der Waals surface area contributed by atoms with Gasteiger partial charge in [-0.1, -0.05) is 0 Å². The summed E-state index contributed by atoms with van der Waals surface area (Å²) in [6.45, 7) is 2.57. The third-order valence-electron chi connectivity index (χ3n) is 3.28. The summed E-state index contributed by atoms with van der Waals surface area (Å²) in [5.41, 5.74) is 0. The fourth-order valence-corrected chi connectivity index (χ4v) is 3.22. The number of nitrogens with zero attached hydrogens (tertiary/aromatic N) is 3. The van der Waals surface area contributed by atoms with Gasteiger partial charge in [0.15, 0.2) is 0 Å². The van der Waals surface area contributed by atoms with Gasteiger partial charge in [0, 0.05) is 31.5 Å². The van der Waals surface area contributed by atoms with Crippen molar-refractivity contribution in [2.45, 2.75) is 25.8 Å². The molecule has 7 nitrogen and oxygen atoms in total. The van der Waals surface area contributed by atoms with Crippen LogP contribution in [0.5, 0.6) is 0 Å². The summed E-state index contributed by atoms with van der Waals surface area (Å²) in [5, 5.41) is 2.87. The van der Waals surface area contributed by atoms with E-state index in [0.29, 0.717) is 25.9 Å². The normalized spacial score (nSPS) is 18.4. The summed E-state index contributed by atoms with van der Waals surface area (Å²) < 4.78 is 26.3. The van der Waals surface area contributed by atoms with E-state index in [1.54, 1.807) is 13.1 Å². The first kappa shape index (κ1) is 14.0. The van der Waals surface area contributed by atoms with E-state index >= 15 is 0 Å². The van der Waals surface area contributed by atoms with Crippen LogP contribution >= 0.6 is 0 Å². The molecule has 106 valence electrons. The summed E-state index contributed by atoms with van der Waals surface area (Å²) in [4.78, 5) is 15.6. The topological polar surface area (TPSA) is 84.3 Å². The highest BCUT2D eigenvalue weighted by atomic mass is 32.2. The zero-order chi connectivity index (χ0) is 13.9. The number of carbonyl (C=O) groups excluding carboxylic acids is 1. The molecule has 1 amide bonds. The second-order valence-electron chi connectivity index (χ2n) is 4.49. The van der Waals surface area contributed by atoms with Crippen LogP contribution in [0.3, 0.4) is 0 Å². The molecule has 0 aromatic carbocycles. The van der Waals surface area contributed by atoms with E-state index in [1.165, 1.54) is 21.4 Å². The molecule has 1 aliphatic heterocycles. The van der Waals surface area contributed by atoms with Crippen molar-refractivity contribution in [1.82, 2.24) is 19.2 Å². The van der Waals surface area contributed by atoms with Crippen LogP contribution in [0.1, 0.15) is 19.8 Å². The molecular formula is C11H18N4O3S. The van der Waals surface area contributed by atoms with Crippen LogP contribution in [0.2, 0.25) is 0 Å². The fraction of sp³-hybridized carbons (Fsp3) is 0.636. The molecule has 1 aliphatic rings. The van der Waals surface area contributed by atoms with E-state index in [4.69, 9.17) is 0 Å². The van der Waals surface area contributed by atoms with Gasteiger partial charge in [-0.2, -0.15) is 0 Å². The molecule has 0 spiro atoms. The van der Waals surface area contributed by atoms with Crippen molar-refractivity contribution in [1.29, 1.82) is 0 Å². The van der Waals surface area contributed by atoms with Gasteiger partial charge < -0.3 is 5.32 Å². The van der Waals surface area contributed by atoms with Gasteiger partial charge in [0.25, 0.3) is 0 Å². The van der Waals surface area contributed by atoms with Crippen LogP contribution in [0, 0.1) is 0 Å². The highest BCUT2D eigenvalue weighted by Gasteiger charge is 2.27. The van der Waals surface area contributed by atoms with Gasteiger partial charge in [-0.05, 0) is 19.8 Å². The number of hydrogen-bond donors (Lipinski definition) is 1. The first-order valence-electron chi connectivity index (χ1n) is 6.29. The zero-order valence-electron chi connectivity index (χ0n) is 10.8. The molecule has 2 heterocycles. The van der Waals surface area contributed by atoms with Crippen molar-refractivity contribution in [3.05, 3.63) is 18.7 Å². The summed E-state index contributed by atoms with van der Waals surface area (Å²) in [7, 11) is -3.11. The van der Waals surface area contributed by atoms with Crippen LogP contribution < -0.4 is 5.32 Å². The molecule has 0 unspecified atom stereocenters. The lowest BCUT2D eigenvalue weighted by Gasteiger charge is -2.31. The monoisotopic (exact) mass is 286 g/mol. The fourth-order valence-electron chi connectivity index (χ4n) is 2.09. The molecule has 0 aliphatic carbocycles. The van der Waals surface area contributed by atoms with E-state index in [9.17, 15) is 13.2 Å². The van der Waals surface area contributed by atoms with E-state index in [1.807, 2.05) is 0 Å². The molecule has 1 aromatic rings. The first-order chi connectivity index (χ1) is 9.03. The van der Waals surface area contributed by atoms with Crippen molar-refractivity contribution in [2.24, 2.45) is 0 Å². The van der Waals surface area contributed by atoms with E-state index < -0.39 is 10.0 Å². The summed E-state index contributed by atoms with van der Waals surface area (Å²) >= 11 is 0. The number of piperidine rings is 1. The third-order valence-corrected chi connectivity index (χ3v) is 5.16. The van der Waals surface area contributed by atoms with Crippen LogP contribution in [-0.4, -0.2) is 53.2 Å². The van der Waals surface area contributed by atoms with Crippen molar-refractivity contribution in [3.8, 4) is 0 Å². The minimum Gasteiger partial charge on any atom is -0.335 e. The predicted molar refractivity (Wildman–Crippen MR) is 70.2 cm³/mol. The lowest BCUT2D eigenvalue weighted by molar-refractivity contribution is 0.229. The number of imidazole rings is 1. The lowest BCUT2D eigenvalue weighted by atomic mass is 10.1. The average molecular weight is 286 g/mol. The Hall–Kier alpha value is -1.41. The Bertz CT molecular complexity index is 518. The molecule has 1 saturated heterocycles. The molecule has 0 atom stereocenters. The van der Waals surface area contributed by atoms with E-state index in [0.717, 1.165) is 0 Å². The van der Waals surface area contributed by atoms with Crippen LogP contribution in [-0.2, 0) is 10.0 Å². The lowest BCUT2D eigenvalue weighted by Crippen LogP contribution is -2.47. The average Bonchev–Trinajstić information content (AvgIpc) is 2.93. The van der Waals surface area contributed by atoms with Gasteiger partial charge in [0.2, 0.25) is 10.0 Å². The van der Waals surface area contributed by atoms with E-state index in [2.05, 4.69) is 10.3 Å². The summed E-state index contributed by atoms with van der Waals surface area (Å²) in [6.07, 6.45) is 5.83. The van der Waals surface area contributed by atoms with Crippen molar-refractivity contribution in [2.75, 3.05) is 18.8 Å². The molecule has 1 fully saturated rings. The zero-order valence-corrected chi connectivity index (χ0v) is 11.6. The Kier molecular flexibility index (Phi) is 4.20. The van der Waals surface area contributed by atoms with Gasteiger partial charge in [-0.3, -0.25) is 4.57 Å². The molecular weight excluding hydrogens is 268 g/mol.